The summed E-state index contributed by atoms with van der Waals surface area (Å²) in [7, 11) is 1.87. The average molecular weight is 328 g/mol. The largest absolute Gasteiger partial charge is 0.396 e. The molecule has 7 heteroatoms. The topological polar surface area (TPSA) is 87.5 Å². The summed E-state index contributed by atoms with van der Waals surface area (Å²) in [5, 5.41) is 17.1. The van der Waals surface area contributed by atoms with Gasteiger partial charge in [0.05, 0.1) is 17.1 Å². The fraction of sp³-hybridized carbons (Fsp3) is 0.471. The van der Waals surface area contributed by atoms with E-state index in [4.69, 9.17) is 5.11 Å². The molecule has 1 atom stereocenters. The number of nitrogens with zero attached hydrogens (tertiary/aromatic N) is 3. The molecule has 1 aromatic carbocycles. The van der Waals surface area contributed by atoms with Gasteiger partial charge in [-0.3, -0.25) is 19.6 Å². The number of carbonyl (C=O) groups is 2. The van der Waals surface area contributed by atoms with E-state index in [0.29, 0.717) is 18.8 Å². The lowest BCUT2D eigenvalue weighted by Crippen LogP contribution is -2.48. The molecule has 2 amide bonds. The molecule has 126 valence electrons. The summed E-state index contributed by atoms with van der Waals surface area (Å²) in [4.78, 5) is 25.7. The molecular formula is C17H20N4O3. The van der Waals surface area contributed by atoms with Crippen molar-refractivity contribution >= 4 is 28.4 Å². The molecule has 2 fully saturated rings. The Balaban J connectivity index is 1.66. The van der Waals surface area contributed by atoms with Crippen molar-refractivity contribution in [2.75, 3.05) is 24.6 Å². The van der Waals surface area contributed by atoms with E-state index in [1.807, 2.05) is 19.2 Å². The van der Waals surface area contributed by atoms with E-state index < -0.39 is 0 Å². The number of benzene rings is 1. The summed E-state index contributed by atoms with van der Waals surface area (Å²) >= 11 is 0. The lowest BCUT2D eigenvalue weighted by molar-refractivity contribution is -0.134. The SMILES string of the molecule is Cn1nc(C2CCC(=O)NC2=O)c2ccc(N3CC(CO)C3)cc21. The predicted octanol–water partition coefficient (Wildman–Crippen LogP) is 0.522. The van der Waals surface area contributed by atoms with E-state index in [9.17, 15) is 9.59 Å². The van der Waals surface area contributed by atoms with Gasteiger partial charge in [0.1, 0.15) is 0 Å². The van der Waals surface area contributed by atoms with Gasteiger partial charge in [-0.25, -0.2) is 0 Å². The summed E-state index contributed by atoms with van der Waals surface area (Å²) < 4.78 is 1.79. The van der Waals surface area contributed by atoms with Crippen LogP contribution in [0.4, 0.5) is 5.69 Å². The third-order valence-electron chi connectivity index (χ3n) is 5.01. The van der Waals surface area contributed by atoms with Gasteiger partial charge in [-0.1, -0.05) is 0 Å². The highest BCUT2D eigenvalue weighted by Crippen LogP contribution is 2.33. The number of nitrogens with one attached hydrogen (secondary N) is 1. The number of piperidine rings is 1. The van der Waals surface area contributed by atoms with Crippen molar-refractivity contribution in [2.24, 2.45) is 13.0 Å². The smallest absolute Gasteiger partial charge is 0.235 e. The first-order valence-electron chi connectivity index (χ1n) is 8.23. The minimum Gasteiger partial charge on any atom is -0.396 e. The molecule has 7 nitrogen and oxygen atoms in total. The molecule has 3 heterocycles. The van der Waals surface area contributed by atoms with Crippen molar-refractivity contribution in [3.8, 4) is 0 Å². The maximum Gasteiger partial charge on any atom is 0.235 e. The van der Waals surface area contributed by atoms with Crippen LogP contribution in [-0.4, -0.2) is 46.4 Å². The Bertz CT molecular complexity index is 823. The summed E-state index contributed by atoms with van der Waals surface area (Å²) in [6.07, 6.45) is 0.853. The van der Waals surface area contributed by atoms with Crippen LogP contribution in [0.1, 0.15) is 24.5 Å². The van der Waals surface area contributed by atoms with Gasteiger partial charge in [0.2, 0.25) is 11.8 Å². The average Bonchev–Trinajstić information content (AvgIpc) is 2.83. The number of rotatable bonds is 3. The predicted molar refractivity (Wildman–Crippen MR) is 88.6 cm³/mol. The molecule has 2 N–H and O–H groups in total. The number of aliphatic hydroxyl groups is 1. The van der Waals surface area contributed by atoms with Gasteiger partial charge >= 0.3 is 0 Å². The number of hydrogen-bond acceptors (Lipinski definition) is 5. The van der Waals surface area contributed by atoms with E-state index >= 15 is 0 Å². The Morgan fingerprint density at radius 3 is 2.83 bits per heavy atom. The van der Waals surface area contributed by atoms with Gasteiger partial charge < -0.3 is 10.0 Å². The van der Waals surface area contributed by atoms with Gasteiger partial charge in [0.15, 0.2) is 0 Å². The Hall–Kier alpha value is -2.41. The van der Waals surface area contributed by atoms with Crippen LogP contribution in [-0.2, 0) is 16.6 Å². The summed E-state index contributed by atoms with van der Waals surface area (Å²) in [5.41, 5.74) is 2.81. The number of aryl methyl sites for hydroxylation is 1. The molecule has 24 heavy (non-hydrogen) atoms. The van der Waals surface area contributed by atoms with Gasteiger partial charge in [0, 0.05) is 50.2 Å². The first kappa shape index (κ1) is 15.1. The zero-order valence-electron chi connectivity index (χ0n) is 13.5. The second-order valence-corrected chi connectivity index (χ2v) is 6.67. The number of aromatic nitrogens is 2. The minimum absolute atomic E-state index is 0.213. The molecular weight excluding hydrogens is 308 g/mol. The van der Waals surface area contributed by atoms with Crippen LogP contribution >= 0.6 is 0 Å². The lowest BCUT2D eigenvalue weighted by atomic mass is 9.92. The van der Waals surface area contributed by atoms with Crippen LogP contribution in [0.15, 0.2) is 18.2 Å². The monoisotopic (exact) mass is 328 g/mol. The van der Waals surface area contributed by atoms with Crippen LogP contribution in [0.2, 0.25) is 0 Å². The van der Waals surface area contributed by atoms with Crippen molar-refractivity contribution in [1.29, 1.82) is 0 Å². The normalized spacial score (nSPS) is 21.9. The molecule has 0 saturated carbocycles. The number of aliphatic hydroxyl groups excluding tert-OH is 1. The quantitative estimate of drug-likeness (QED) is 0.802. The standard InChI is InChI=1S/C17H20N4O3/c1-20-14-6-11(21-7-10(8-21)9-22)2-3-12(14)16(19-20)13-4-5-15(23)18-17(13)24/h2-3,6,10,13,22H,4-5,7-9H2,1H3,(H,18,23,24). The zero-order chi connectivity index (χ0) is 16.8. The molecule has 2 aliphatic heterocycles. The van der Waals surface area contributed by atoms with E-state index in [0.717, 1.165) is 35.4 Å². The lowest BCUT2D eigenvalue weighted by Gasteiger charge is -2.40. The fourth-order valence-corrected chi connectivity index (χ4v) is 3.58. The molecule has 2 aromatic rings. The van der Waals surface area contributed by atoms with Crippen molar-refractivity contribution in [1.82, 2.24) is 15.1 Å². The Morgan fingerprint density at radius 2 is 2.12 bits per heavy atom. The number of carbonyl (C=O) groups excluding carboxylic acids is 2. The molecule has 2 saturated heterocycles. The highest BCUT2D eigenvalue weighted by atomic mass is 16.3. The summed E-state index contributed by atoms with van der Waals surface area (Å²) in [6.45, 7) is 1.95. The summed E-state index contributed by atoms with van der Waals surface area (Å²) in [6, 6.07) is 6.11. The number of amides is 2. The van der Waals surface area contributed by atoms with Crippen molar-refractivity contribution < 1.29 is 14.7 Å². The molecule has 0 aliphatic carbocycles. The Morgan fingerprint density at radius 1 is 1.33 bits per heavy atom. The van der Waals surface area contributed by atoms with Crippen LogP contribution in [0, 0.1) is 5.92 Å². The van der Waals surface area contributed by atoms with Crippen LogP contribution in [0.25, 0.3) is 10.9 Å². The molecule has 0 bridgehead atoms. The van der Waals surface area contributed by atoms with Gasteiger partial charge in [0.25, 0.3) is 0 Å². The summed E-state index contributed by atoms with van der Waals surface area (Å²) in [5.74, 6) is -0.495. The molecule has 0 radical (unpaired) electrons. The highest BCUT2D eigenvalue weighted by Gasteiger charge is 2.32. The van der Waals surface area contributed by atoms with E-state index in [-0.39, 0.29) is 24.3 Å². The molecule has 1 unspecified atom stereocenters. The van der Waals surface area contributed by atoms with Gasteiger partial charge in [-0.2, -0.15) is 5.10 Å². The Labute approximate surface area is 139 Å². The third kappa shape index (κ3) is 2.36. The molecule has 1 aromatic heterocycles. The number of anilines is 1. The van der Waals surface area contributed by atoms with Crippen molar-refractivity contribution in [3.05, 3.63) is 23.9 Å². The number of fused-ring (bicyclic) bond motifs is 1. The van der Waals surface area contributed by atoms with Crippen LogP contribution in [0.5, 0.6) is 0 Å². The van der Waals surface area contributed by atoms with Crippen LogP contribution in [0.3, 0.4) is 0 Å². The van der Waals surface area contributed by atoms with Crippen molar-refractivity contribution in [2.45, 2.75) is 18.8 Å². The van der Waals surface area contributed by atoms with Gasteiger partial charge in [-0.05, 0) is 24.6 Å². The van der Waals surface area contributed by atoms with E-state index in [1.54, 1.807) is 4.68 Å². The number of hydrogen-bond donors (Lipinski definition) is 2. The number of imide groups is 1. The maximum absolute atomic E-state index is 12.1. The Kier molecular flexibility index (Phi) is 3.53. The molecule has 2 aliphatic rings. The van der Waals surface area contributed by atoms with E-state index in [1.165, 1.54) is 0 Å². The van der Waals surface area contributed by atoms with Crippen LogP contribution < -0.4 is 10.2 Å². The minimum atomic E-state index is -0.375. The highest BCUT2D eigenvalue weighted by molar-refractivity contribution is 6.02. The fourth-order valence-electron chi connectivity index (χ4n) is 3.58. The van der Waals surface area contributed by atoms with Gasteiger partial charge in [-0.15, -0.1) is 0 Å². The van der Waals surface area contributed by atoms with Crippen molar-refractivity contribution in [3.63, 3.8) is 0 Å². The first-order valence-corrected chi connectivity index (χ1v) is 8.23. The second kappa shape index (κ2) is 5.59. The first-order chi connectivity index (χ1) is 11.6. The molecule has 0 spiro atoms. The molecule has 4 rings (SSSR count). The zero-order valence-corrected chi connectivity index (χ0v) is 13.5. The maximum atomic E-state index is 12.1. The second-order valence-electron chi connectivity index (χ2n) is 6.67. The van der Waals surface area contributed by atoms with E-state index in [2.05, 4.69) is 21.4 Å². The third-order valence-corrected chi connectivity index (χ3v) is 5.01.